The quantitative estimate of drug-likeness (QED) is 0.0934. The van der Waals surface area contributed by atoms with Gasteiger partial charge in [-0.1, -0.05) is 243 Å². The first kappa shape index (κ1) is 50.0. The summed E-state index contributed by atoms with van der Waals surface area (Å²) < 4.78 is 2.45. The second kappa shape index (κ2) is 18.8. The van der Waals surface area contributed by atoms with Gasteiger partial charge in [0.05, 0.1) is 11.0 Å². The molecule has 0 bridgehead atoms. The molecule has 3 nitrogen and oxygen atoms in total. The van der Waals surface area contributed by atoms with Crippen LogP contribution in [-0.4, -0.2) is 11.3 Å². The molecule has 19 aromatic rings. The van der Waals surface area contributed by atoms with Gasteiger partial charge in [0.25, 0.3) is 6.71 Å². The number of aromatic nitrogens is 1. The molecule has 21 rings (SSSR count). The number of hydrogen-bond acceptors (Lipinski definition) is 2. The van der Waals surface area contributed by atoms with Crippen LogP contribution in [0.3, 0.4) is 0 Å². The van der Waals surface area contributed by atoms with Gasteiger partial charge >= 0.3 is 0 Å². The van der Waals surface area contributed by atoms with E-state index in [0.29, 0.717) is 0 Å². The number of anilines is 6. The summed E-state index contributed by atoms with van der Waals surface area (Å²) in [4.78, 5) is 5.30. The summed E-state index contributed by atoms with van der Waals surface area (Å²) in [6.07, 6.45) is 0. The largest absolute Gasteiger partial charge is 0.311 e. The molecule has 0 spiro atoms. The van der Waals surface area contributed by atoms with Crippen LogP contribution in [-0.2, 0) is 0 Å². The Bertz CT molecular complexity index is 5980. The highest BCUT2D eigenvalue weighted by atomic mass is 15.2. The normalized spacial score (nSPS) is 12.9. The van der Waals surface area contributed by atoms with E-state index in [4.69, 9.17) is 0 Å². The summed E-state index contributed by atoms with van der Waals surface area (Å²) in [6.45, 7) is -0.212. The van der Waals surface area contributed by atoms with Crippen molar-refractivity contribution in [1.82, 2.24) is 4.57 Å². The standard InChI is InChI=1S/C88H52BN3/c1-4-18-53(19-5-1)55-38-43-62(44-39-55)91-78-49-60(59-42-47-65-64-28-10-11-37-76(64)90(77(65)48-59)61-26-8-3-9-27-61)50-79-88(78)89(86-72-35-16-33-68-66-29-12-22-57-24-14-31-70(82(57)66)74(84(68)72)51-80(86)91)87-73-36-17-34-69-67-30-13-23-58-25-15-32-71(83(58)67)75(85(69)73)52-81(87)92(79)63-45-40-56(41-46-63)54-20-6-2-7-21-54/h1-52H. The molecule has 422 valence electrons. The molecule has 3 heterocycles. The molecule has 0 saturated heterocycles. The number of nitrogens with zero attached hydrogens (tertiary/aromatic N) is 3. The molecule has 0 atom stereocenters. The maximum Gasteiger partial charge on any atom is 0.253 e. The third kappa shape index (κ3) is 6.85. The lowest BCUT2D eigenvalue weighted by molar-refractivity contribution is 1.18. The van der Waals surface area contributed by atoms with E-state index in [-0.39, 0.29) is 6.71 Å². The molecule has 2 aliphatic heterocycles. The van der Waals surface area contributed by atoms with Crippen LogP contribution in [0.5, 0.6) is 0 Å². The molecule has 18 aromatic carbocycles. The summed E-state index contributed by atoms with van der Waals surface area (Å²) in [6, 6.07) is 119. The highest BCUT2D eigenvalue weighted by Crippen LogP contribution is 2.53. The highest BCUT2D eigenvalue weighted by molar-refractivity contribution is 7.03. The maximum atomic E-state index is 2.65. The number of rotatable bonds is 6. The summed E-state index contributed by atoms with van der Waals surface area (Å²) >= 11 is 0. The Labute approximate surface area is 530 Å². The lowest BCUT2D eigenvalue weighted by Crippen LogP contribution is -2.61. The molecule has 4 heteroatoms. The van der Waals surface area contributed by atoms with Gasteiger partial charge in [-0.3, -0.25) is 0 Å². The summed E-state index contributed by atoms with van der Waals surface area (Å²) in [5, 5.41) is 23.0. The van der Waals surface area contributed by atoms with Crippen LogP contribution in [0.2, 0.25) is 0 Å². The Kier molecular flexibility index (Phi) is 10.2. The number of para-hydroxylation sites is 2. The van der Waals surface area contributed by atoms with Crippen molar-refractivity contribution in [2.24, 2.45) is 0 Å². The van der Waals surface area contributed by atoms with E-state index in [1.807, 2.05) is 0 Å². The first-order valence-electron chi connectivity index (χ1n) is 32.1. The van der Waals surface area contributed by atoms with E-state index < -0.39 is 0 Å². The Hall–Kier alpha value is -12.0. The van der Waals surface area contributed by atoms with Crippen molar-refractivity contribution in [3.8, 4) is 39.1 Å². The Morgan fingerprint density at radius 3 is 1.07 bits per heavy atom. The van der Waals surface area contributed by atoms with E-state index in [0.717, 1.165) is 39.6 Å². The first-order valence-corrected chi connectivity index (χ1v) is 32.1. The molecule has 0 N–H and O–H groups in total. The molecule has 0 amide bonds. The minimum absolute atomic E-state index is 0.212. The Balaban J connectivity index is 0.945. The first-order chi connectivity index (χ1) is 45.7. The molecule has 1 aromatic heterocycles. The van der Waals surface area contributed by atoms with Gasteiger partial charge in [-0.25, -0.2) is 0 Å². The molecule has 0 aliphatic carbocycles. The lowest BCUT2D eigenvalue weighted by Gasteiger charge is -2.45. The molecular formula is C88H52BN3. The fourth-order valence-corrected chi connectivity index (χ4v) is 17.0. The predicted molar refractivity (Wildman–Crippen MR) is 394 cm³/mol. The summed E-state index contributed by atoms with van der Waals surface area (Å²) in [7, 11) is 0. The van der Waals surface area contributed by atoms with Crippen LogP contribution >= 0.6 is 0 Å². The van der Waals surface area contributed by atoms with Crippen LogP contribution < -0.4 is 26.2 Å². The average molecular weight is 1160 g/mol. The molecule has 0 saturated carbocycles. The van der Waals surface area contributed by atoms with Gasteiger partial charge in [-0.15, -0.1) is 0 Å². The van der Waals surface area contributed by atoms with Crippen molar-refractivity contribution in [3.63, 3.8) is 0 Å². The third-order valence-electron chi connectivity index (χ3n) is 20.8. The van der Waals surface area contributed by atoms with Crippen LogP contribution in [0.1, 0.15) is 0 Å². The van der Waals surface area contributed by atoms with Crippen molar-refractivity contribution in [2.75, 3.05) is 9.80 Å². The van der Waals surface area contributed by atoms with Crippen molar-refractivity contribution in [2.45, 2.75) is 0 Å². The van der Waals surface area contributed by atoms with Gasteiger partial charge < -0.3 is 14.4 Å². The number of fused-ring (bicyclic) bond motifs is 13. The fraction of sp³-hybridized carbons (Fsp3) is 0. The summed E-state index contributed by atoms with van der Waals surface area (Å²) in [5.41, 5.74) is 21.4. The van der Waals surface area contributed by atoms with Crippen LogP contribution in [0, 0.1) is 0 Å². The lowest BCUT2D eigenvalue weighted by atomic mass is 9.32. The van der Waals surface area contributed by atoms with E-state index in [2.05, 4.69) is 330 Å². The number of hydrogen-bond donors (Lipinski definition) is 0. The molecule has 0 fully saturated rings. The van der Waals surface area contributed by atoms with Crippen molar-refractivity contribution in [1.29, 1.82) is 0 Å². The van der Waals surface area contributed by atoms with Gasteiger partial charge in [0, 0.05) is 50.6 Å². The molecular weight excluding hydrogens is 1110 g/mol. The molecule has 2 aliphatic rings. The minimum atomic E-state index is -0.212. The van der Waals surface area contributed by atoms with E-state index >= 15 is 0 Å². The zero-order valence-electron chi connectivity index (χ0n) is 49.9. The van der Waals surface area contributed by atoms with Crippen molar-refractivity contribution >= 4 is 165 Å². The van der Waals surface area contributed by atoms with E-state index in [1.165, 1.54) is 158 Å². The smallest absolute Gasteiger partial charge is 0.253 e. The average Bonchev–Trinajstić information content (AvgIpc) is 1.56. The zero-order chi connectivity index (χ0) is 59.9. The Morgan fingerprint density at radius 1 is 0.196 bits per heavy atom. The monoisotopic (exact) mass is 1160 g/mol. The molecule has 0 radical (unpaired) electrons. The highest BCUT2D eigenvalue weighted by Gasteiger charge is 2.46. The van der Waals surface area contributed by atoms with Gasteiger partial charge in [0.1, 0.15) is 0 Å². The third-order valence-corrected chi connectivity index (χ3v) is 20.8. The fourth-order valence-electron chi connectivity index (χ4n) is 17.0. The predicted octanol–water partition coefficient (Wildman–Crippen LogP) is 22.0. The van der Waals surface area contributed by atoms with Crippen molar-refractivity contribution < 1.29 is 0 Å². The molecule has 0 unspecified atom stereocenters. The second-order valence-electron chi connectivity index (χ2n) is 25.4. The van der Waals surface area contributed by atoms with Gasteiger partial charge in [0.15, 0.2) is 0 Å². The van der Waals surface area contributed by atoms with E-state index in [9.17, 15) is 0 Å². The van der Waals surface area contributed by atoms with Crippen LogP contribution in [0.25, 0.3) is 147 Å². The second-order valence-corrected chi connectivity index (χ2v) is 25.4. The van der Waals surface area contributed by atoms with E-state index in [1.54, 1.807) is 0 Å². The summed E-state index contributed by atoms with van der Waals surface area (Å²) in [5.74, 6) is 0. The van der Waals surface area contributed by atoms with Gasteiger partial charge in [-0.05, 0) is 209 Å². The molecule has 92 heavy (non-hydrogen) atoms. The van der Waals surface area contributed by atoms with Crippen LogP contribution in [0.15, 0.2) is 315 Å². The van der Waals surface area contributed by atoms with Gasteiger partial charge in [0.2, 0.25) is 0 Å². The zero-order valence-corrected chi connectivity index (χ0v) is 49.9. The topological polar surface area (TPSA) is 11.4 Å². The maximum absolute atomic E-state index is 2.65. The SMILES string of the molecule is c1ccc(-c2ccc(N3c4cc(-c5ccc6c7ccccc7n(-c7ccccc7)c6c5)cc5c4B(c4c3cc3c6cccc7cccc(c8cccc4c83)c76)c3c(cc4c6cccc7cccc(c8cccc3c84)c76)N5c3ccc(-c4ccccc4)cc3)cc2)cc1. The van der Waals surface area contributed by atoms with Gasteiger partial charge in [-0.2, -0.15) is 0 Å². The minimum Gasteiger partial charge on any atom is -0.311 e. The Morgan fingerprint density at radius 2 is 0.565 bits per heavy atom. The van der Waals surface area contributed by atoms with Crippen LogP contribution in [0.4, 0.5) is 34.1 Å². The number of benzene rings is 18. The van der Waals surface area contributed by atoms with Crippen molar-refractivity contribution in [3.05, 3.63) is 315 Å².